The van der Waals surface area contributed by atoms with E-state index in [1.807, 2.05) is 24.3 Å². The van der Waals surface area contributed by atoms with E-state index in [-0.39, 0.29) is 11.0 Å². The second-order valence-electron chi connectivity index (χ2n) is 9.13. The highest BCUT2D eigenvalue weighted by atomic mass is 16.5. The van der Waals surface area contributed by atoms with Crippen molar-refractivity contribution in [2.45, 2.75) is 70.9 Å². The second-order valence-corrected chi connectivity index (χ2v) is 9.13. The van der Waals surface area contributed by atoms with Gasteiger partial charge < -0.3 is 15.2 Å². The maximum Gasteiger partial charge on any atom is 0.127 e. The van der Waals surface area contributed by atoms with Gasteiger partial charge in [0.15, 0.2) is 0 Å². The van der Waals surface area contributed by atoms with Crippen molar-refractivity contribution in [3.63, 3.8) is 0 Å². The number of ether oxygens (including phenoxy) is 1. The van der Waals surface area contributed by atoms with Crippen LogP contribution in [0.3, 0.4) is 0 Å². The van der Waals surface area contributed by atoms with Crippen LogP contribution in [-0.2, 0) is 12.0 Å². The van der Waals surface area contributed by atoms with Crippen LogP contribution in [-0.4, -0.2) is 17.8 Å². The SMILES string of the molecule is COc1ccc(-c2cc(C(C)(C)C)cc(CNC3(C)CCCC3)c2O)cc1. The van der Waals surface area contributed by atoms with E-state index in [4.69, 9.17) is 4.74 Å². The van der Waals surface area contributed by atoms with Crippen LogP contribution in [0.1, 0.15) is 64.5 Å². The number of phenolic OH excluding ortho intramolecular Hbond substituents is 1. The molecule has 0 amide bonds. The van der Waals surface area contributed by atoms with Gasteiger partial charge in [-0.1, -0.05) is 51.8 Å². The maximum atomic E-state index is 11.0. The minimum absolute atomic E-state index is 0.0148. The van der Waals surface area contributed by atoms with E-state index in [1.165, 1.54) is 31.2 Å². The molecule has 1 saturated carbocycles. The molecule has 0 bridgehead atoms. The van der Waals surface area contributed by atoms with Gasteiger partial charge in [0, 0.05) is 23.2 Å². The summed E-state index contributed by atoms with van der Waals surface area (Å²) in [5, 5.41) is 14.8. The first-order chi connectivity index (χ1) is 12.7. The molecule has 1 aliphatic rings. The van der Waals surface area contributed by atoms with Gasteiger partial charge in [-0.15, -0.1) is 0 Å². The Morgan fingerprint density at radius 1 is 1.07 bits per heavy atom. The van der Waals surface area contributed by atoms with Gasteiger partial charge in [0.25, 0.3) is 0 Å². The third-order valence-corrected chi connectivity index (χ3v) is 5.87. The smallest absolute Gasteiger partial charge is 0.127 e. The molecule has 0 spiro atoms. The molecule has 0 atom stereocenters. The molecular formula is C24H33NO2. The first kappa shape index (κ1) is 19.8. The Kier molecular flexibility index (Phi) is 5.53. The van der Waals surface area contributed by atoms with Gasteiger partial charge >= 0.3 is 0 Å². The molecule has 2 aromatic rings. The van der Waals surface area contributed by atoms with Crippen molar-refractivity contribution in [3.8, 4) is 22.6 Å². The molecular weight excluding hydrogens is 334 g/mol. The molecule has 27 heavy (non-hydrogen) atoms. The Balaban J connectivity index is 1.98. The highest BCUT2D eigenvalue weighted by Gasteiger charge is 2.28. The Labute approximate surface area is 163 Å². The second kappa shape index (κ2) is 7.55. The molecule has 1 aliphatic carbocycles. The van der Waals surface area contributed by atoms with Gasteiger partial charge in [-0.3, -0.25) is 0 Å². The van der Waals surface area contributed by atoms with Gasteiger partial charge in [0.2, 0.25) is 0 Å². The van der Waals surface area contributed by atoms with Gasteiger partial charge in [0.1, 0.15) is 11.5 Å². The monoisotopic (exact) mass is 367 g/mol. The molecule has 146 valence electrons. The fraction of sp³-hybridized carbons (Fsp3) is 0.500. The van der Waals surface area contributed by atoms with Crippen LogP contribution in [0.4, 0.5) is 0 Å². The van der Waals surface area contributed by atoms with Crippen LogP contribution < -0.4 is 10.1 Å². The van der Waals surface area contributed by atoms with Crippen LogP contribution in [0.2, 0.25) is 0 Å². The van der Waals surface area contributed by atoms with Crippen molar-refractivity contribution >= 4 is 0 Å². The summed E-state index contributed by atoms with van der Waals surface area (Å²) in [5.41, 5.74) is 4.30. The van der Waals surface area contributed by atoms with Crippen molar-refractivity contribution in [2.75, 3.05) is 7.11 Å². The number of phenols is 1. The molecule has 0 radical (unpaired) electrons. The van der Waals surface area contributed by atoms with Crippen LogP contribution in [0, 0.1) is 0 Å². The Morgan fingerprint density at radius 2 is 1.70 bits per heavy atom. The average Bonchev–Trinajstić information content (AvgIpc) is 3.07. The van der Waals surface area contributed by atoms with E-state index in [2.05, 4.69) is 45.1 Å². The molecule has 2 aromatic carbocycles. The number of nitrogens with one attached hydrogen (secondary N) is 1. The normalized spacial score (nSPS) is 16.5. The standard InChI is InChI=1S/C24H33NO2/c1-23(2,3)19-14-18(16-25-24(4)12-6-7-13-24)22(26)21(15-19)17-8-10-20(27-5)11-9-17/h8-11,14-15,25-26H,6-7,12-13,16H2,1-5H3. The third-order valence-electron chi connectivity index (χ3n) is 5.87. The number of rotatable bonds is 5. The summed E-state index contributed by atoms with van der Waals surface area (Å²) in [7, 11) is 1.67. The lowest BCUT2D eigenvalue weighted by Crippen LogP contribution is -2.38. The predicted molar refractivity (Wildman–Crippen MR) is 113 cm³/mol. The fourth-order valence-corrected chi connectivity index (χ4v) is 3.89. The third kappa shape index (κ3) is 4.47. The summed E-state index contributed by atoms with van der Waals surface area (Å²) >= 11 is 0. The summed E-state index contributed by atoms with van der Waals surface area (Å²) in [4.78, 5) is 0. The van der Waals surface area contributed by atoms with Crippen molar-refractivity contribution in [3.05, 3.63) is 47.5 Å². The zero-order valence-electron chi connectivity index (χ0n) is 17.4. The summed E-state index contributed by atoms with van der Waals surface area (Å²) in [5.74, 6) is 1.20. The Hall–Kier alpha value is -2.00. The molecule has 0 unspecified atom stereocenters. The lowest BCUT2D eigenvalue weighted by molar-refractivity contribution is 0.358. The van der Waals surface area contributed by atoms with E-state index in [9.17, 15) is 5.11 Å². The lowest BCUT2D eigenvalue weighted by atomic mass is 9.83. The molecule has 2 N–H and O–H groups in total. The van der Waals surface area contributed by atoms with Gasteiger partial charge in [0.05, 0.1) is 7.11 Å². The lowest BCUT2D eigenvalue weighted by Gasteiger charge is -2.27. The van der Waals surface area contributed by atoms with Crippen molar-refractivity contribution in [1.29, 1.82) is 0 Å². The summed E-state index contributed by atoms with van der Waals surface area (Å²) in [6.07, 6.45) is 4.99. The van der Waals surface area contributed by atoms with Gasteiger partial charge in [-0.05, 0) is 54.5 Å². The zero-order valence-corrected chi connectivity index (χ0v) is 17.4. The predicted octanol–water partition coefficient (Wildman–Crippen LogP) is 5.79. The van der Waals surface area contributed by atoms with Crippen molar-refractivity contribution in [1.82, 2.24) is 5.32 Å². The maximum absolute atomic E-state index is 11.0. The number of methoxy groups -OCH3 is 1. The van der Waals surface area contributed by atoms with Crippen LogP contribution in [0.5, 0.6) is 11.5 Å². The molecule has 0 heterocycles. The molecule has 0 aliphatic heterocycles. The minimum atomic E-state index is 0.0148. The number of hydrogen-bond acceptors (Lipinski definition) is 3. The summed E-state index contributed by atoms with van der Waals surface area (Å²) in [6, 6.07) is 12.2. The first-order valence-electron chi connectivity index (χ1n) is 9.98. The Morgan fingerprint density at radius 3 is 2.26 bits per heavy atom. The summed E-state index contributed by atoms with van der Waals surface area (Å²) < 4.78 is 5.27. The number of benzene rings is 2. The van der Waals surface area contributed by atoms with E-state index in [1.54, 1.807) is 7.11 Å². The topological polar surface area (TPSA) is 41.5 Å². The van der Waals surface area contributed by atoms with E-state index < -0.39 is 0 Å². The van der Waals surface area contributed by atoms with E-state index in [0.717, 1.165) is 22.4 Å². The summed E-state index contributed by atoms with van der Waals surface area (Å²) in [6.45, 7) is 9.64. The first-order valence-corrected chi connectivity index (χ1v) is 9.98. The number of aromatic hydroxyl groups is 1. The van der Waals surface area contributed by atoms with E-state index in [0.29, 0.717) is 12.3 Å². The van der Waals surface area contributed by atoms with E-state index >= 15 is 0 Å². The van der Waals surface area contributed by atoms with Crippen molar-refractivity contribution in [2.24, 2.45) is 0 Å². The largest absolute Gasteiger partial charge is 0.507 e. The van der Waals surface area contributed by atoms with Crippen molar-refractivity contribution < 1.29 is 9.84 Å². The minimum Gasteiger partial charge on any atom is -0.507 e. The highest BCUT2D eigenvalue weighted by molar-refractivity contribution is 5.73. The molecule has 3 rings (SSSR count). The van der Waals surface area contributed by atoms with Gasteiger partial charge in [-0.25, -0.2) is 0 Å². The average molecular weight is 368 g/mol. The van der Waals surface area contributed by atoms with Crippen LogP contribution >= 0.6 is 0 Å². The molecule has 0 saturated heterocycles. The molecule has 3 nitrogen and oxygen atoms in total. The van der Waals surface area contributed by atoms with Crippen LogP contribution in [0.25, 0.3) is 11.1 Å². The molecule has 3 heteroatoms. The zero-order chi connectivity index (χ0) is 19.7. The molecule has 0 aromatic heterocycles. The number of hydrogen-bond donors (Lipinski definition) is 2. The Bertz CT molecular complexity index is 781. The fourth-order valence-electron chi connectivity index (χ4n) is 3.89. The quantitative estimate of drug-likeness (QED) is 0.703. The van der Waals surface area contributed by atoms with Gasteiger partial charge in [-0.2, -0.15) is 0 Å². The highest BCUT2D eigenvalue weighted by Crippen LogP contribution is 2.38. The van der Waals surface area contributed by atoms with Crippen LogP contribution in [0.15, 0.2) is 36.4 Å². The molecule has 1 fully saturated rings.